The average molecular weight is 521 g/mol. The molecule has 4 aromatic rings. The van der Waals surface area contributed by atoms with Crippen LogP contribution in [0, 0.1) is 6.92 Å². The van der Waals surface area contributed by atoms with Crippen molar-refractivity contribution in [1.82, 2.24) is 35.0 Å². The number of nitrogen functional groups attached to an aromatic ring is 1. The molecule has 0 saturated carbocycles. The van der Waals surface area contributed by atoms with Crippen LogP contribution in [0.5, 0.6) is 5.75 Å². The van der Waals surface area contributed by atoms with Gasteiger partial charge < -0.3 is 21.1 Å². The Morgan fingerprint density at radius 1 is 1.11 bits per heavy atom. The van der Waals surface area contributed by atoms with E-state index in [9.17, 15) is 4.79 Å². The molecule has 4 N–H and O–H groups in total. The molecule has 0 unspecified atom stereocenters. The van der Waals surface area contributed by atoms with Gasteiger partial charge in [-0.3, -0.25) is 14.6 Å². The lowest BCUT2D eigenvalue weighted by molar-refractivity contribution is -0.124. The first-order chi connectivity index (χ1) is 18.0. The third-order valence-electron chi connectivity index (χ3n) is 7.24. The quantitative estimate of drug-likeness (QED) is 0.353. The predicted octanol–water partition coefficient (Wildman–Crippen LogP) is 1.85. The highest BCUT2D eigenvalue weighted by Gasteiger charge is 2.28. The van der Waals surface area contributed by atoms with Crippen LogP contribution in [-0.4, -0.2) is 83.2 Å². The molecular formula is C26H32N8O2S. The number of nitrogens with two attached hydrogens (primary N) is 1. The average Bonchev–Trinajstić information content (AvgIpc) is 3.44. The van der Waals surface area contributed by atoms with E-state index < -0.39 is 0 Å². The van der Waals surface area contributed by atoms with Gasteiger partial charge in [-0.25, -0.2) is 9.50 Å². The number of carbonyl (C=O) groups is 1. The zero-order chi connectivity index (χ0) is 25.5. The minimum atomic E-state index is 0.0570. The molecule has 0 aliphatic carbocycles. The lowest BCUT2D eigenvalue weighted by Crippen LogP contribution is -2.47. The fraction of sp³-hybridized carbons (Fsp3) is 0.423. The number of thiophene rings is 1. The molecule has 0 spiro atoms. The summed E-state index contributed by atoms with van der Waals surface area (Å²) >= 11 is 1.70. The summed E-state index contributed by atoms with van der Waals surface area (Å²) in [4.78, 5) is 22.4. The first kappa shape index (κ1) is 24.1. The Labute approximate surface area is 219 Å². The van der Waals surface area contributed by atoms with E-state index >= 15 is 0 Å². The molecule has 6 rings (SSSR count). The highest BCUT2D eigenvalue weighted by molar-refractivity contribution is 7.22. The molecule has 1 amide bonds. The number of anilines is 1. The summed E-state index contributed by atoms with van der Waals surface area (Å²) in [6, 6.07) is 6.48. The number of aromatic nitrogens is 3. The van der Waals surface area contributed by atoms with Crippen molar-refractivity contribution in [2.24, 2.45) is 0 Å². The topological polar surface area (TPSA) is 113 Å². The Balaban J connectivity index is 1.57. The smallest absolute Gasteiger partial charge is 0.234 e. The maximum atomic E-state index is 12.2. The number of nitrogens with zero attached hydrogens (tertiary/aromatic N) is 5. The van der Waals surface area contributed by atoms with Gasteiger partial charge in [-0.05, 0) is 30.0 Å². The molecule has 2 aliphatic rings. The van der Waals surface area contributed by atoms with Crippen LogP contribution in [0.4, 0.5) is 5.82 Å². The Kier molecular flexibility index (Phi) is 6.45. The van der Waals surface area contributed by atoms with E-state index in [1.54, 1.807) is 18.4 Å². The Morgan fingerprint density at radius 3 is 2.70 bits per heavy atom. The van der Waals surface area contributed by atoms with E-state index in [2.05, 4.69) is 55.6 Å². The number of hydrogen-bond acceptors (Lipinski definition) is 9. The van der Waals surface area contributed by atoms with Gasteiger partial charge in [0.05, 0.1) is 24.0 Å². The van der Waals surface area contributed by atoms with Gasteiger partial charge in [-0.2, -0.15) is 5.10 Å². The Hall–Kier alpha value is -3.25. The zero-order valence-corrected chi connectivity index (χ0v) is 22.0. The molecule has 2 saturated heterocycles. The highest BCUT2D eigenvalue weighted by atomic mass is 32.1. The lowest BCUT2D eigenvalue weighted by atomic mass is 10.0. The molecule has 1 aromatic carbocycles. The maximum Gasteiger partial charge on any atom is 0.234 e. The van der Waals surface area contributed by atoms with Crippen molar-refractivity contribution in [3.05, 3.63) is 41.3 Å². The Bertz CT molecular complexity index is 1470. The second kappa shape index (κ2) is 9.90. The van der Waals surface area contributed by atoms with Crippen molar-refractivity contribution in [1.29, 1.82) is 0 Å². The first-order valence-corrected chi connectivity index (χ1v) is 13.5. The third-order valence-corrected chi connectivity index (χ3v) is 8.42. The minimum absolute atomic E-state index is 0.0570. The predicted molar refractivity (Wildman–Crippen MR) is 146 cm³/mol. The van der Waals surface area contributed by atoms with Gasteiger partial charge in [-0.15, -0.1) is 11.3 Å². The fourth-order valence-electron chi connectivity index (χ4n) is 5.49. The molecule has 0 atom stereocenters. The molecule has 0 bridgehead atoms. The van der Waals surface area contributed by atoms with Crippen molar-refractivity contribution in [2.75, 3.05) is 58.7 Å². The van der Waals surface area contributed by atoms with E-state index in [-0.39, 0.29) is 5.91 Å². The third kappa shape index (κ3) is 4.52. The SMILES string of the molecule is COc1cc(C)cc2cc(-c3c(CN4CCNC(=O)C4)c(CN4CCNCC4)n4ncnc(N)c34)sc12. The number of carbonyl (C=O) groups excluding carboxylic acids is 1. The number of benzene rings is 1. The van der Waals surface area contributed by atoms with E-state index in [1.807, 2.05) is 4.52 Å². The molecule has 11 heteroatoms. The van der Waals surface area contributed by atoms with Crippen molar-refractivity contribution in [2.45, 2.75) is 20.0 Å². The largest absolute Gasteiger partial charge is 0.495 e. The van der Waals surface area contributed by atoms with E-state index in [0.717, 1.165) is 87.9 Å². The number of amides is 1. The Morgan fingerprint density at radius 2 is 1.92 bits per heavy atom. The number of piperazine rings is 2. The molecule has 2 fully saturated rings. The summed E-state index contributed by atoms with van der Waals surface area (Å²) in [5.74, 6) is 1.38. The van der Waals surface area contributed by atoms with Crippen LogP contribution in [0.1, 0.15) is 16.8 Å². The van der Waals surface area contributed by atoms with Gasteiger partial charge in [0.25, 0.3) is 0 Å². The number of hydrogen-bond donors (Lipinski definition) is 3. The monoisotopic (exact) mass is 520 g/mol. The number of rotatable bonds is 6. The highest BCUT2D eigenvalue weighted by Crippen LogP contribution is 2.44. The summed E-state index contributed by atoms with van der Waals surface area (Å²) < 4.78 is 8.81. The van der Waals surface area contributed by atoms with Crippen LogP contribution in [0.15, 0.2) is 24.5 Å². The number of nitrogens with one attached hydrogen (secondary N) is 2. The van der Waals surface area contributed by atoms with Gasteiger partial charge in [0.1, 0.15) is 17.6 Å². The van der Waals surface area contributed by atoms with E-state index in [4.69, 9.17) is 10.5 Å². The first-order valence-electron chi connectivity index (χ1n) is 12.7. The minimum Gasteiger partial charge on any atom is -0.495 e. The van der Waals surface area contributed by atoms with Gasteiger partial charge in [0.2, 0.25) is 5.91 Å². The van der Waals surface area contributed by atoms with Crippen molar-refractivity contribution in [3.8, 4) is 16.2 Å². The van der Waals surface area contributed by atoms with Gasteiger partial charge >= 0.3 is 0 Å². The van der Waals surface area contributed by atoms with Crippen molar-refractivity contribution >= 4 is 38.7 Å². The summed E-state index contributed by atoms with van der Waals surface area (Å²) in [5.41, 5.74) is 11.8. The number of fused-ring (bicyclic) bond motifs is 2. The second-order valence-electron chi connectivity index (χ2n) is 9.79. The molecule has 3 aromatic heterocycles. The lowest BCUT2D eigenvalue weighted by Gasteiger charge is -2.29. The summed E-state index contributed by atoms with van der Waals surface area (Å²) in [7, 11) is 1.71. The fourth-order valence-corrected chi connectivity index (χ4v) is 6.70. The zero-order valence-electron chi connectivity index (χ0n) is 21.2. The van der Waals surface area contributed by atoms with Crippen LogP contribution in [0.25, 0.3) is 26.0 Å². The summed E-state index contributed by atoms with van der Waals surface area (Å²) in [5, 5.41) is 12.2. The van der Waals surface area contributed by atoms with Crippen LogP contribution in [-0.2, 0) is 17.9 Å². The van der Waals surface area contributed by atoms with E-state index in [1.165, 1.54) is 6.33 Å². The van der Waals surface area contributed by atoms with Crippen LogP contribution in [0.2, 0.25) is 0 Å². The molecule has 194 valence electrons. The summed E-state index contributed by atoms with van der Waals surface area (Å²) in [6.45, 7) is 9.15. The number of aryl methyl sites for hydroxylation is 1. The molecule has 0 radical (unpaired) electrons. The van der Waals surface area contributed by atoms with Crippen LogP contribution < -0.4 is 21.1 Å². The molecule has 5 heterocycles. The number of ether oxygens (including phenoxy) is 1. The second-order valence-corrected chi connectivity index (χ2v) is 10.8. The van der Waals surface area contributed by atoms with Gasteiger partial charge in [0, 0.05) is 68.4 Å². The maximum absolute atomic E-state index is 12.2. The normalized spacial score (nSPS) is 17.5. The van der Waals surface area contributed by atoms with Crippen molar-refractivity contribution in [3.63, 3.8) is 0 Å². The van der Waals surface area contributed by atoms with Gasteiger partial charge in [0.15, 0.2) is 5.82 Å². The molecular weight excluding hydrogens is 488 g/mol. The molecule has 2 aliphatic heterocycles. The van der Waals surface area contributed by atoms with Crippen LogP contribution >= 0.6 is 11.3 Å². The molecule has 37 heavy (non-hydrogen) atoms. The number of methoxy groups -OCH3 is 1. The van der Waals surface area contributed by atoms with Gasteiger partial charge in [-0.1, -0.05) is 6.07 Å². The standard InChI is InChI=1S/C26H32N8O2S/c1-16-9-17-11-21(37-25(17)20(10-16)36-2)23-18(12-33-8-5-29-22(35)14-33)19(13-32-6-3-28-4-7-32)34-24(23)26(27)30-15-31-34/h9-11,15,28H,3-8,12-14H2,1-2H3,(H,29,35)(H2,27,30,31). The van der Waals surface area contributed by atoms with E-state index in [0.29, 0.717) is 25.5 Å². The van der Waals surface area contributed by atoms with Crippen LogP contribution in [0.3, 0.4) is 0 Å². The van der Waals surface area contributed by atoms with Crippen molar-refractivity contribution < 1.29 is 9.53 Å². The summed E-state index contributed by atoms with van der Waals surface area (Å²) in [6.07, 6.45) is 1.53. The molecule has 10 nitrogen and oxygen atoms in total.